The second-order valence-electron chi connectivity index (χ2n) is 6.24. The Morgan fingerprint density at radius 2 is 1.33 bits per heavy atom. The van der Waals surface area contributed by atoms with Crippen molar-refractivity contribution in [2.75, 3.05) is 13.1 Å². The number of sulfonamides is 1. The Morgan fingerprint density at radius 3 is 1.87 bits per heavy atom. The van der Waals surface area contributed by atoms with Gasteiger partial charge in [-0.25, -0.2) is 48.4 Å². The Morgan fingerprint density at radius 1 is 0.800 bits per heavy atom. The highest BCUT2D eigenvalue weighted by molar-refractivity contribution is 7.89. The SMILES string of the molecule is Cc1cc(C)c(S(=O)(=O)NCCNS(=O)c2c(F)c(F)c(C)c(F)c2F)c(F)c1F. The van der Waals surface area contributed by atoms with Crippen LogP contribution in [0.4, 0.5) is 26.3 Å². The van der Waals surface area contributed by atoms with Gasteiger partial charge in [-0.2, -0.15) is 0 Å². The zero-order valence-electron chi connectivity index (χ0n) is 15.8. The molecule has 13 heteroatoms. The van der Waals surface area contributed by atoms with Crippen LogP contribution in [0.5, 0.6) is 0 Å². The molecule has 166 valence electrons. The van der Waals surface area contributed by atoms with Gasteiger partial charge in [-0.3, -0.25) is 0 Å². The lowest BCUT2D eigenvalue weighted by molar-refractivity contribution is 0.415. The van der Waals surface area contributed by atoms with E-state index in [1.807, 2.05) is 9.44 Å². The molecule has 0 bridgehead atoms. The third-order valence-corrected chi connectivity index (χ3v) is 6.89. The molecule has 0 aromatic heterocycles. The first kappa shape index (κ1) is 24.3. The fraction of sp³-hybridized carbons (Fsp3) is 0.294. The lowest BCUT2D eigenvalue weighted by Gasteiger charge is -2.13. The highest BCUT2D eigenvalue weighted by Gasteiger charge is 2.28. The molecule has 0 aliphatic rings. The van der Waals surface area contributed by atoms with E-state index in [2.05, 4.69) is 0 Å². The van der Waals surface area contributed by atoms with Crippen LogP contribution in [0.2, 0.25) is 0 Å². The molecule has 1 unspecified atom stereocenters. The molecule has 30 heavy (non-hydrogen) atoms. The maximum Gasteiger partial charge on any atom is 0.243 e. The van der Waals surface area contributed by atoms with Gasteiger partial charge in [-0.1, -0.05) is 6.07 Å². The Hall–Kier alpha value is -1.96. The molecular formula is C17H16F6N2O3S2. The van der Waals surface area contributed by atoms with E-state index in [-0.39, 0.29) is 11.1 Å². The first-order chi connectivity index (χ1) is 13.8. The molecule has 2 N–H and O–H groups in total. The van der Waals surface area contributed by atoms with Crippen molar-refractivity contribution in [1.82, 2.24) is 9.44 Å². The number of halogens is 6. The van der Waals surface area contributed by atoms with Crippen molar-refractivity contribution in [1.29, 1.82) is 0 Å². The molecule has 2 aromatic carbocycles. The summed E-state index contributed by atoms with van der Waals surface area (Å²) in [6, 6.07) is 1.13. The highest BCUT2D eigenvalue weighted by atomic mass is 32.2. The first-order valence-corrected chi connectivity index (χ1v) is 10.9. The van der Waals surface area contributed by atoms with Crippen molar-refractivity contribution in [2.24, 2.45) is 0 Å². The summed E-state index contributed by atoms with van der Waals surface area (Å²) in [5, 5.41) is 0. The Balaban J connectivity index is 2.13. The molecule has 0 aliphatic carbocycles. The number of benzene rings is 2. The van der Waals surface area contributed by atoms with Crippen LogP contribution < -0.4 is 9.44 Å². The van der Waals surface area contributed by atoms with Crippen molar-refractivity contribution in [3.8, 4) is 0 Å². The minimum Gasteiger partial charge on any atom is -0.237 e. The maximum atomic E-state index is 14.1. The zero-order chi connectivity index (χ0) is 23.0. The molecule has 5 nitrogen and oxygen atoms in total. The maximum absolute atomic E-state index is 14.1. The number of aryl methyl sites for hydroxylation is 2. The molecule has 0 radical (unpaired) electrons. The van der Waals surface area contributed by atoms with Crippen LogP contribution in [0.3, 0.4) is 0 Å². The van der Waals surface area contributed by atoms with Gasteiger partial charge in [0.25, 0.3) is 0 Å². The summed E-state index contributed by atoms with van der Waals surface area (Å²) in [7, 11) is -7.30. The van der Waals surface area contributed by atoms with Gasteiger partial charge in [0.05, 0.1) is 0 Å². The molecule has 0 spiro atoms. The van der Waals surface area contributed by atoms with E-state index in [0.29, 0.717) is 0 Å². The standard InChI is InChI=1S/C17H16F6N2O3S2/c1-7-6-8(2)17(15(23)10(7)18)30(27,28)25-5-4-24-29(26)16-13(21)11(19)9(3)12(20)14(16)22/h6,24-25H,4-5H2,1-3H3. The van der Waals surface area contributed by atoms with E-state index in [0.717, 1.165) is 13.0 Å². The van der Waals surface area contributed by atoms with Crippen LogP contribution >= 0.6 is 0 Å². The molecule has 0 heterocycles. The average molecular weight is 474 g/mol. The predicted octanol–water partition coefficient (Wildman–Crippen LogP) is 3.04. The fourth-order valence-electron chi connectivity index (χ4n) is 2.59. The van der Waals surface area contributed by atoms with E-state index >= 15 is 0 Å². The van der Waals surface area contributed by atoms with Gasteiger partial charge in [0.2, 0.25) is 10.0 Å². The van der Waals surface area contributed by atoms with Gasteiger partial charge in [0, 0.05) is 18.7 Å². The molecule has 0 amide bonds. The third-order valence-electron chi connectivity index (χ3n) is 4.08. The van der Waals surface area contributed by atoms with Crippen LogP contribution in [0.25, 0.3) is 0 Å². The normalized spacial score (nSPS) is 13.0. The molecule has 0 saturated carbocycles. The van der Waals surface area contributed by atoms with Gasteiger partial charge in [-0.15, -0.1) is 0 Å². The topological polar surface area (TPSA) is 75.3 Å². The summed E-state index contributed by atoms with van der Waals surface area (Å²) in [5.41, 5.74) is -1.09. The van der Waals surface area contributed by atoms with Crippen molar-refractivity contribution in [3.63, 3.8) is 0 Å². The van der Waals surface area contributed by atoms with Gasteiger partial charge in [0.1, 0.15) is 20.8 Å². The van der Waals surface area contributed by atoms with E-state index in [1.54, 1.807) is 0 Å². The van der Waals surface area contributed by atoms with Gasteiger partial charge in [0.15, 0.2) is 34.9 Å². The molecule has 2 rings (SSSR count). The van der Waals surface area contributed by atoms with E-state index in [4.69, 9.17) is 0 Å². The smallest absolute Gasteiger partial charge is 0.237 e. The molecule has 0 aliphatic heterocycles. The highest BCUT2D eigenvalue weighted by Crippen LogP contribution is 2.26. The summed E-state index contributed by atoms with van der Waals surface area (Å²) in [5.74, 6) is -10.1. The van der Waals surface area contributed by atoms with Crippen LogP contribution in [-0.4, -0.2) is 25.7 Å². The Kier molecular flexibility index (Phi) is 7.32. The van der Waals surface area contributed by atoms with E-state index < -0.39 is 84.4 Å². The van der Waals surface area contributed by atoms with E-state index in [1.165, 1.54) is 13.8 Å². The minimum absolute atomic E-state index is 0.0646. The molecular weight excluding hydrogens is 458 g/mol. The zero-order valence-corrected chi connectivity index (χ0v) is 17.4. The molecule has 0 fully saturated rings. The Labute approximate surface area is 171 Å². The first-order valence-electron chi connectivity index (χ1n) is 8.23. The number of nitrogens with one attached hydrogen (secondary N) is 2. The number of rotatable bonds is 7. The lowest BCUT2D eigenvalue weighted by atomic mass is 10.1. The fourth-order valence-corrected chi connectivity index (χ4v) is 4.85. The molecule has 1 atom stereocenters. The van der Waals surface area contributed by atoms with Crippen molar-refractivity contribution < 1.29 is 39.0 Å². The molecule has 2 aromatic rings. The largest absolute Gasteiger partial charge is 0.243 e. The second-order valence-corrected chi connectivity index (χ2v) is 9.18. The van der Waals surface area contributed by atoms with Crippen molar-refractivity contribution in [3.05, 3.63) is 57.7 Å². The van der Waals surface area contributed by atoms with Crippen molar-refractivity contribution >= 4 is 21.0 Å². The van der Waals surface area contributed by atoms with Crippen LogP contribution in [0, 0.1) is 55.7 Å². The van der Waals surface area contributed by atoms with Crippen molar-refractivity contribution in [2.45, 2.75) is 30.6 Å². The van der Waals surface area contributed by atoms with Gasteiger partial charge >= 0.3 is 0 Å². The van der Waals surface area contributed by atoms with Crippen LogP contribution in [-0.2, 0) is 21.0 Å². The summed E-state index contributed by atoms with van der Waals surface area (Å²) >= 11 is 0. The van der Waals surface area contributed by atoms with Gasteiger partial charge < -0.3 is 0 Å². The van der Waals surface area contributed by atoms with E-state index in [9.17, 15) is 39.0 Å². The minimum atomic E-state index is -4.53. The number of hydrogen-bond acceptors (Lipinski definition) is 3. The van der Waals surface area contributed by atoms with Crippen LogP contribution in [0.15, 0.2) is 15.9 Å². The van der Waals surface area contributed by atoms with Crippen LogP contribution in [0.1, 0.15) is 16.7 Å². The number of hydrogen-bond donors (Lipinski definition) is 2. The predicted molar refractivity (Wildman–Crippen MR) is 96.4 cm³/mol. The molecule has 0 saturated heterocycles. The summed E-state index contributed by atoms with van der Waals surface area (Å²) in [4.78, 5) is -2.33. The monoisotopic (exact) mass is 474 g/mol. The lowest BCUT2D eigenvalue weighted by Crippen LogP contribution is -2.34. The summed E-state index contributed by atoms with van der Waals surface area (Å²) in [6.07, 6.45) is 0. The summed E-state index contributed by atoms with van der Waals surface area (Å²) in [6.45, 7) is 2.20. The summed E-state index contributed by atoms with van der Waals surface area (Å²) < 4.78 is 123. The van der Waals surface area contributed by atoms with Gasteiger partial charge in [-0.05, 0) is 31.9 Å². The second kappa shape index (κ2) is 9.04. The Bertz CT molecular complexity index is 1110. The quantitative estimate of drug-likeness (QED) is 0.368. The average Bonchev–Trinajstić information content (AvgIpc) is 2.66. The third kappa shape index (κ3) is 4.53.